The van der Waals surface area contributed by atoms with Gasteiger partial charge >= 0.3 is 0 Å². The second-order valence-electron chi connectivity index (χ2n) is 5.77. The molecule has 1 aromatic rings. The summed E-state index contributed by atoms with van der Waals surface area (Å²) in [6, 6.07) is 3.91. The fraction of sp³-hybridized carbons (Fsp3) is 0.571. The van der Waals surface area contributed by atoms with Crippen LogP contribution in [0.25, 0.3) is 0 Å². The maximum atomic E-state index is 13.7. The molecule has 0 aromatic heterocycles. The van der Waals surface area contributed by atoms with E-state index in [2.05, 4.69) is 25.7 Å². The molecule has 0 N–H and O–H groups in total. The fourth-order valence-corrected chi connectivity index (χ4v) is 2.46. The van der Waals surface area contributed by atoms with Gasteiger partial charge in [0.2, 0.25) is 0 Å². The Labute approximate surface area is 101 Å². The Bertz CT molecular complexity index is 409. The highest BCUT2D eigenvalue weighted by Gasteiger charge is 2.32. The third kappa shape index (κ3) is 2.65. The predicted octanol–water partition coefficient (Wildman–Crippen LogP) is 3.55. The van der Waals surface area contributed by atoms with Crippen molar-refractivity contribution in [3.05, 3.63) is 35.4 Å². The molecule has 2 rings (SSSR count). The van der Waals surface area contributed by atoms with Gasteiger partial charge in [-0.2, -0.15) is 0 Å². The van der Waals surface area contributed by atoms with Gasteiger partial charge in [-0.1, -0.05) is 6.07 Å². The van der Waals surface area contributed by atoms with Crippen LogP contribution in [0.1, 0.15) is 38.7 Å². The standard InChI is InChI=1S/C14H19F2N/c1-14(2,3)17-7-6-10(9-17)12-5-4-11(15)8-13(12)16/h4-5,8,10H,6-7,9H2,1-3H3/t10-/m0/s1. The van der Waals surface area contributed by atoms with Crippen LogP contribution in [-0.2, 0) is 0 Å². The van der Waals surface area contributed by atoms with Crippen LogP contribution in [0.2, 0.25) is 0 Å². The average Bonchev–Trinajstić information content (AvgIpc) is 2.65. The monoisotopic (exact) mass is 239 g/mol. The number of benzene rings is 1. The van der Waals surface area contributed by atoms with Gasteiger partial charge < -0.3 is 0 Å². The van der Waals surface area contributed by atoms with Crippen molar-refractivity contribution in [3.63, 3.8) is 0 Å². The van der Waals surface area contributed by atoms with Gasteiger partial charge in [0, 0.05) is 24.1 Å². The van der Waals surface area contributed by atoms with E-state index in [1.807, 2.05) is 0 Å². The Kier molecular flexibility index (Phi) is 3.21. The summed E-state index contributed by atoms with van der Waals surface area (Å²) in [7, 11) is 0. The Morgan fingerprint density at radius 1 is 1.24 bits per heavy atom. The van der Waals surface area contributed by atoms with Crippen molar-refractivity contribution in [1.82, 2.24) is 4.90 Å². The van der Waals surface area contributed by atoms with E-state index in [4.69, 9.17) is 0 Å². The lowest BCUT2D eigenvalue weighted by Gasteiger charge is -2.31. The van der Waals surface area contributed by atoms with Gasteiger partial charge in [-0.15, -0.1) is 0 Å². The highest BCUT2D eigenvalue weighted by molar-refractivity contribution is 5.24. The van der Waals surface area contributed by atoms with Crippen molar-refractivity contribution in [2.24, 2.45) is 0 Å². The summed E-state index contributed by atoms with van der Waals surface area (Å²) in [6.45, 7) is 8.32. The number of halogens is 2. The first-order chi connectivity index (χ1) is 7.88. The van der Waals surface area contributed by atoms with Crippen molar-refractivity contribution in [2.45, 2.75) is 38.6 Å². The van der Waals surface area contributed by atoms with Gasteiger partial charge in [0.1, 0.15) is 11.6 Å². The molecule has 1 heterocycles. The van der Waals surface area contributed by atoms with Crippen LogP contribution in [-0.4, -0.2) is 23.5 Å². The number of rotatable bonds is 1. The van der Waals surface area contributed by atoms with Gasteiger partial charge in [-0.05, 0) is 45.4 Å². The van der Waals surface area contributed by atoms with E-state index in [0.29, 0.717) is 5.56 Å². The first kappa shape index (κ1) is 12.5. The molecule has 0 spiro atoms. The van der Waals surface area contributed by atoms with Crippen LogP contribution >= 0.6 is 0 Å². The van der Waals surface area contributed by atoms with E-state index in [1.54, 1.807) is 6.07 Å². The zero-order valence-corrected chi connectivity index (χ0v) is 10.6. The summed E-state index contributed by atoms with van der Waals surface area (Å²) >= 11 is 0. The Morgan fingerprint density at radius 2 is 1.94 bits per heavy atom. The number of hydrogen-bond acceptors (Lipinski definition) is 1. The number of likely N-dealkylation sites (tertiary alicyclic amines) is 1. The van der Waals surface area contributed by atoms with Crippen molar-refractivity contribution in [2.75, 3.05) is 13.1 Å². The van der Waals surface area contributed by atoms with E-state index in [-0.39, 0.29) is 11.5 Å². The molecule has 3 heteroatoms. The smallest absolute Gasteiger partial charge is 0.129 e. The van der Waals surface area contributed by atoms with Gasteiger partial charge in [0.05, 0.1) is 0 Å². The Morgan fingerprint density at radius 3 is 2.47 bits per heavy atom. The van der Waals surface area contributed by atoms with Crippen molar-refractivity contribution >= 4 is 0 Å². The Balaban J connectivity index is 2.15. The number of nitrogens with zero attached hydrogens (tertiary/aromatic N) is 1. The predicted molar refractivity (Wildman–Crippen MR) is 65.0 cm³/mol. The molecule has 94 valence electrons. The summed E-state index contributed by atoms with van der Waals surface area (Å²) in [6.07, 6.45) is 0.944. The molecule has 17 heavy (non-hydrogen) atoms. The zero-order valence-electron chi connectivity index (χ0n) is 10.6. The van der Waals surface area contributed by atoms with E-state index < -0.39 is 11.6 Å². The maximum Gasteiger partial charge on any atom is 0.129 e. The molecular weight excluding hydrogens is 220 g/mol. The van der Waals surface area contributed by atoms with Gasteiger partial charge in [-0.3, -0.25) is 4.90 Å². The number of hydrogen-bond donors (Lipinski definition) is 0. The molecule has 0 unspecified atom stereocenters. The van der Waals surface area contributed by atoms with E-state index in [9.17, 15) is 8.78 Å². The molecule has 1 fully saturated rings. The lowest BCUT2D eigenvalue weighted by atomic mass is 9.97. The van der Waals surface area contributed by atoms with Crippen molar-refractivity contribution in [3.8, 4) is 0 Å². The molecule has 1 aliphatic rings. The lowest BCUT2D eigenvalue weighted by molar-refractivity contribution is 0.172. The van der Waals surface area contributed by atoms with Gasteiger partial charge in [0.25, 0.3) is 0 Å². The first-order valence-electron chi connectivity index (χ1n) is 6.08. The highest BCUT2D eigenvalue weighted by Crippen LogP contribution is 2.32. The molecule has 1 nitrogen and oxygen atoms in total. The molecule has 1 atom stereocenters. The van der Waals surface area contributed by atoms with Crippen LogP contribution in [0.3, 0.4) is 0 Å². The third-order valence-corrected chi connectivity index (χ3v) is 3.54. The molecule has 1 saturated heterocycles. The second-order valence-corrected chi connectivity index (χ2v) is 5.77. The SMILES string of the molecule is CC(C)(C)N1CC[C@H](c2ccc(F)cc2F)C1. The van der Waals surface area contributed by atoms with E-state index in [0.717, 1.165) is 25.6 Å². The zero-order chi connectivity index (χ0) is 12.6. The van der Waals surface area contributed by atoms with Crippen LogP contribution in [0.4, 0.5) is 8.78 Å². The van der Waals surface area contributed by atoms with Crippen LogP contribution in [0, 0.1) is 11.6 Å². The quantitative estimate of drug-likeness (QED) is 0.724. The topological polar surface area (TPSA) is 3.24 Å². The molecule has 0 aliphatic carbocycles. The largest absolute Gasteiger partial charge is 0.298 e. The van der Waals surface area contributed by atoms with Gasteiger partial charge in [-0.25, -0.2) is 8.78 Å². The molecule has 0 saturated carbocycles. The molecule has 1 aliphatic heterocycles. The van der Waals surface area contributed by atoms with E-state index >= 15 is 0 Å². The summed E-state index contributed by atoms with van der Waals surface area (Å²) in [5.41, 5.74) is 0.767. The van der Waals surface area contributed by atoms with Gasteiger partial charge in [0.15, 0.2) is 0 Å². The van der Waals surface area contributed by atoms with Crippen molar-refractivity contribution in [1.29, 1.82) is 0 Å². The minimum absolute atomic E-state index is 0.116. The Hall–Kier alpha value is -0.960. The van der Waals surface area contributed by atoms with Crippen LogP contribution in [0.15, 0.2) is 18.2 Å². The first-order valence-corrected chi connectivity index (χ1v) is 6.08. The summed E-state index contributed by atoms with van der Waals surface area (Å²) in [4.78, 5) is 2.35. The maximum absolute atomic E-state index is 13.7. The highest BCUT2D eigenvalue weighted by atomic mass is 19.1. The van der Waals surface area contributed by atoms with Crippen molar-refractivity contribution < 1.29 is 8.78 Å². The minimum atomic E-state index is -0.503. The molecule has 0 amide bonds. The fourth-order valence-electron chi connectivity index (χ4n) is 2.46. The normalized spacial score (nSPS) is 22.1. The molecule has 0 bridgehead atoms. The lowest BCUT2D eigenvalue weighted by Crippen LogP contribution is -2.39. The molecule has 0 radical (unpaired) electrons. The third-order valence-electron chi connectivity index (χ3n) is 3.54. The molecular formula is C14H19F2N. The molecule has 1 aromatic carbocycles. The average molecular weight is 239 g/mol. The summed E-state index contributed by atoms with van der Waals surface area (Å²) in [5.74, 6) is -0.725. The summed E-state index contributed by atoms with van der Waals surface area (Å²) in [5, 5.41) is 0. The van der Waals surface area contributed by atoms with Crippen LogP contribution in [0.5, 0.6) is 0 Å². The van der Waals surface area contributed by atoms with Crippen LogP contribution < -0.4 is 0 Å². The second kappa shape index (κ2) is 4.37. The van der Waals surface area contributed by atoms with E-state index in [1.165, 1.54) is 6.07 Å². The minimum Gasteiger partial charge on any atom is -0.298 e. The summed E-state index contributed by atoms with van der Waals surface area (Å²) < 4.78 is 26.5.